The van der Waals surface area contributed by atoms with Crippen LogP contribution in [0.25, 0.3) is 0 Å². The van der Waals surface area contributed by atoms with E-state index in [0.717, 1.165) is 19.0 Å². The van der Waals surface area contributed by atoms with Crippen molar-refractivity contribution in [1.29, 1.82) is 0 Å². The first-order valence-electron chi connectivity index (χ1n) is 7.31. The number of aromatic nitrogens is 3. The molecule has 0 aromatic carbocycles. The highest BCUT2D eigenvalue weighted by atomic mass is 15.5. The van der Waals surface area contributed by atoms with E-state index in [1.54, 1.807) is 0 Å². The smallest absolute Gasteiger partial charge is 0.246 e. The van der Waals surface area contributed by atoms with Crippen LogP contribution in [0, 0.1) is 0 Å². The second-order valence-corrected chi connectivity index (χ2v) is 5.55. The highest BCUT2D eigenvalue weighted by Crippen LogP contribution is 2.31. The second-order valence-electron chi connectivity index (χ2n) is 5.55. The van der Waals surface area contributed by atoms with Crippen LogP contribution in [0.2, 0.25) is 0 Å². The monoisotopic (exact) mass is 249 g/mol. The third-order valence-corrected chi connectivity index (χ3v) is 4.21. The van der Waals surface area contributed by atoms with Crippen LogP contribution in [0.1, 0.15) is 57.4 Å². The maximum atomic E-state index is 6.03. The van der Waals surface area contributed by atoms with Crippen LogP contribution < -0.4 is 10.6 Å². The number of nitrogens with two attached hydrogens (primary N) is 1. The van der Waals surface area contributed by atoms with Gasteiger partial charge in [-0.15, -0.1) is 5.10 Å². The number of anilines is 2. The Morgan fingerprint density at radius 3 is 2.28 bits per heavy atom. The fraction of sp³-hybridized carbons (Fsp3) is 0.846. The van der Waals surface area contributed by atoms with E-state index >= 15 is 0 Å². The van der Waals surface area contributed by atoms with Crippen molar-refractivity contribution in [3.8, 4) is 0 Å². The molecule has 5 heteroatoms. The van der Waals surface area contributed by atoms with Crippen LogP contribution in [0.4, 0.5) is 11.9 Å². The molecule has 1 saturated carbocycles. The van der Waals surface area contributed by atoms with E-state index < -0.39 is 0 Å². The third kappa shape index (κ3) is 2.31. The van der Waals surface area contributed by atoms with Gasteiger partial charge in [0.05, 0.1) is 6.04 Å². The molecule has 0 atom stereocenters. The SMILES string of the molecule is Nc1nc(N2CCCCCC2)nn1C1CCCC1. The number of hydrogen-bond donors (Lipinski definition) is 1. The fourth-order valence-electron chi connectivity index (χ4n) is 3.15. The minimum Gasteiger partial charge on any atom is -0.368 e. The fourth-order valence-corrected chi connectivity index (χ4v) is 3.15. The van der Waals surface area contributed by atoms with Crippen LogP contribution in [0.15, 0.2) is 0 Å². The molecular weight excluding hydrogens is 226 g/mol. The summed E-state index contributed by atoms with van der Waals surface area (Å²) < 4.78 is 1.97. The van der Waals surface area contributed by atoms with Crippen LogP contribution in [-0.2, 0) is 0 Å². The Morgan fingerprint density at radius 2 is 1.61 bits per heavy atom. The van der Waals surface area contributed by atoms with E-state index in [9.17, 15) is 0 Å². The standard InChI is InChI=1S/C13H23N5/c14-12-15-13(17-9-5-1-2-6-10-17)16-18(12)11-7-3-4-8-11/h11H,1-10H2,(H2,14,15,16). The Kier molecular flexibility index (Phi) is 3.39. The molecule has 3 rings (SSSR count). The maximum absolute atomic E-state index is 6.03. The third-order valence-electron chi connectivity index (χ3n) is 4.21. The molecule has 1 aromatic rings. The molecule has 0 spiro atoms. The van der Waals surface area contributed by atoms with E-state index in [1.165, 1.54) is 51.4 Å². The van der Waals surface area contributed by atoms with Crippen molar-refractivity contribution in [3.63, 3.8) is 0 Å². The van der Waals surface area contributed by atoms with E-state index in [4.69, 9.17) is 5.73 Å². The lowest BCUT2D eigenvalue weighted by Crippen LogP contribution is -2.25. The van der Waals surface area contributed by atoms with Gasteiger partial charge >= 0.3 is 0 Å². The molecule has 1 aromatic heterocycles. The first-order chi connectivity index (χ1) is 8.84. The van der Waals surface area contributed by atoms with E-state index in [-0.39, 0.29) is 0 Å². The van der Waals surface area contributed by atoms with E-state index in [1.807, 2.05) is 4.68 Å². The van der Waals surface area contributed by atoms with Gasteiger partial charge in [-0.1, -0.05) is 25.7 Å². The molecule has 0 amide bonds. The van der Waals surface area contributed by atoms with E-state index in [0.29, 0.717) is 12.0 Å². The molecule has 1 saturated heterocycles. The molecule has 0 bridgehead atoms. The first-order valence-corrected chi connectivity index (χ1v) is 7.31. The molecule has 1 aliphatic heterocycles. The lowest BCUT2D eigenvalue weighted by molar-refractivity contribution is 0.472. The number of hydrogen-bond acceptors (Lipinski definition) is 4. The van der Waals surface area contributed by atoms with Gasteiger partial charge < -0.3 is 10.6 Å². The van der Waals surface area contributed by atoms with Gasteiger partial charge in [0, 0.05) is 13.1 Å². The van der Waals surface area contributed by atoms with Crippen molar-refractivity contribution in [2.75, 3.05) is 23.7 Å². The van der Waals surface area contributed by atoms with Gasteiger partial charge in [-0.25, -0.2) is 4.68 Å². The van der Waals surface area contributed by atoms with Crippen LogP contribution >= 0.6 is 0 Å². The molecule has 2 heterocycles. The summed E-state index contributed by atoms with van der Waals surface area (Å²) in [5.74, 6) is 1.45. The summed E-state index contributed by atoms with van der Waals surface area (Å²) in [6.07, 6.45) is 10.1. The average molecular weight is 249 g/mol. The molecule has 5 nitrogen and oxygen atoms in total. The Hall–Kier alpha value is -1.26. The topological polar surface area (TPSA) is 60.0 Å². The average Bonchev–Trinajstić information content (AvgIpc) is 2.92. The summed E-state index contributed by atoms with van der Waals surface area (Å²) in [6.45, 7) is 2.16. The number of rotatable bonds is 2. The van der Waals surface area contributed by atoms with Crippen molar-refractivity contribution in [3.05, 3.63) is 0 Å². The summed E-state index contributed by atoms with van der Waals surface area (Å²) in [6, 6.07) is 0.484. The molecule has 1 aliphatic carbocycles. The lowest BCUT2D eigenvalue weighted by atomic mass is 10.2. The normalized spacial score (nSPS) is 22.3. The van der Waals surface area contributed by atoms with Gasteiger partial charge in [-0.3, -0.25) is 0 Å². The second kappa shape index (κ2) is 5.16. The summed E-state index contributed by atoms with van der Waals surface area (Å²) in [7, 11) is 0. The Morgan fingerprint density at radius 1 is 0.944 bits per heavy atom. The molecule has 2 N–H and O–H groups in total. The first kappa shape index (κ1) is 11.8. The Balaban J connectivity index is 1.77. The van der Waals surface area contributed by atoms with Crippen LogP contribution in [0.5, 0.6) is 0 Å². The molecule has 0 radical (unpaired) electrons. The van der Waals surface area contributed by atoms with Gasteiger partial charge in [0.1, 0.15) is 0 Å². The predicted octanol–water partition coefficient (Wildman–Crippen LogP) is 2.36. The van der Waals surface area contributed by atoms with Gasteiger partial charge in [0.25, 0.3) is 0 Å². The van der Waals surface area contributed by atoms with Gasteiger partial charge in [0.2, 0.25) is 11.9 Å². The molecule has 2 aliphatic rings. The zero-order valence-corrected chi connectivity index (χ0v) is 11.0. The molecular formula is C13H23N5. The van der Waals surface area contributed by atoms with E-state index in [2.05, 4.69) is 15.0 Å². The predicted molar refractivity (Wildman–Crippen MR) is 72.6 cm³/mol. The zero-order valence-electron chi connectivity index (χ0n) is 11.0. The van der Waals surface area contributed by atoms with Crippen molar-refractivity contribution in [1.82, 2.24) is 14.8 Å². The molecule has 18 heavy (non-hydrogen) atoms. The summed E-state index contributed by atoms with van der Waals surface area (Å²) in [5, 5.41) is 4.66. The lowest BCUT2D eigenvalue weighted by Gasteiger charge is -2.17. The summed E-state index contributed by atoms with van der Waals surface area (Å²) >= 11 is 0. The minimum absolute atomic E-state index is 0.484. The largest absolute Gasteiger partial charge is 0.368 e. The molecule has 2 fully saturated rings. The molecule has 100 valence electrons. The number of nitrogens with zero attached hydrogens (tertiary/aromatic N) is 4. The van der Waals surface area contributed by atoms with Crippen LogP contribution in [0.3, 0.4) is 0 Å². The van der Waals surface area contributed by atoms with Gasteiger partial charge in [-0.2, -0.15) is 4.98 Å². The Bertz CT molecular complexity index is 386. The quantitative estimate of drug-likeness (QED) is 0.874. The highest BCUT2D eigenvalue weighted by molar-refractivity contribution is 5.35. The van der Waals surface area contributed by atoms with Crippen molar-refractivity contribution >= 4 is 11.9 Å². The van der Waals surface area contributed by atoms with Gasteiger partial charge in [0.15, 0.2) is 0 Å². The van der Waals surface area contributed by atoms with Crippen molar-refractivity contribution in [2.45, 2.75) is 57.4 Å². The summed E-state index contributed by atoms with van der Waals surface area (Å²) in [5.41, 5.74) is 6.03. The minimum atomic E-state index is 0.484. The van der Waals surface area contributed by atoms with Crippen molar-refractivity contribution in [2.24, 2.45) is 0 Å². The maximum Gasteiger partial charge on any atom is 0.246 e. The summed E-state index contributed by atoms with van der Waals surface area (Å²) in [4.78, 5) is 6.78. The Labute approximate surface area is 108 Å². The number of nitrogen functional groups attached to an aromatic ring is 1. The van der Waals surface area contributed by atoms with Crippen molar-refractivity contribution < 1.29 is 0 Å². The molecule has 0 unspecified atom stereocenters. The van der Waals surface area contributed by atoms with Gasteiger partial charge in [-0.05, 0) is 25.7 Å². The van der Waals surface area contributed by atoms with Crippen LogP contribution in [-0.4, -0.2) is 27.9 Å². The zero-order chi connectivity index (χ0) is 12.4. The highest BCUT2D eigenvalue weighted by Gasteiger charge is 2.23.